The second-order valence-corrected chi connectivity index (χ2v) is 5.16. The van der Waals surface area contributed by atoms with Crippen LogP contribution in [0, 0.1) is 5.41 Å². The van der Waals surface area contributed by atoms with E-state index < -0.39 is 0 Å². The maximum absolute atomic E-state index is 4.07. The third kappa shape index (κ3) is 3.14. The topological polar surface area (TPSA) is 24.9 Å². The lowest BCUT2D eigenvalue weighted by atomic mass is 9.93. The summed E-state index contributed by atoms with van der Waals surface area (Å²) in [6.45, 7) is 10.4. The molecule has 1 heterocycles. The molecule has 0 aliphatic heterocycles. The Bertz CT molecular complexity index is 339. The number of halogens is 1. The molecule has 1 rings (SSSR count). The van der Waals surface area contributed by atoms with Gasteiger partial charge in [-0.2, -0.15) is 0 Å². The fourth-order valence-corrected chi connectivity index (χ4v) is 1.21. The number of hydrogen-bond acceptors (Lipinski definition) is 2. The summed E-state index contributed by atoms with van der Waals surface area (Å²) in [4.78, 5) is 4.07. The van der Waals surface area contributed by atoms with E-state index in [-0.39, 0.29) is 5.41 Å². The van der Waals surface area contributed by atoms with Crippen molar-refractivity contribution in [2.75, 3.05) is 5.32 Å². The lowest BCUT2D eigenvalue weighted by Crippen LogP contribution is -2.15. The summed E-state index contributed by atoms with van der Waals surface area (Å²) < 4.78 is 0.962. The van der Waals surface area contributed by atoms with E-state index in [1.165, 1.54) is 0 Å². The molecule has 1 N–H and O–H groups in total. The van der Waals surface area contributed by atoms with Crippen LogP contribution in [0.15, 0.2) is 35.2 Å². The number of pyridine rings is 1. The lowest BCUT2D eigenvalue weighted by molar-refractivity contribution is 0.509. The molecule has 76 valence electrons. The molecule has 0 aliphatic carbocycles. The Morgan fingerprint density at radius 1 is 1.43 bits per heavy atom. The molecule has 0 atom stereocenters. The van der Waals surface area contributed by atoms with Gasteiger partial charge in [0.05, 0.1) is 11.9 Å². The second-order valence-electron chi connectivity index (χ2n) is 4.25. The van der Waals surface area contributed by atoms with Gasteiger partial charge in [0.2, 0.25) is 0 Å². The van der Waals surface area contributed by atoms with E-state index in [1.54, 1.807) is 12.4 Å². The van der Waals surface area contributed by atoms with Gasteiger partial charge in [0.15, 0.2) is 0 Å². The van der Waals surface area contributed by atoms with Crippen molar-refractivity contribution < 1.29 is 0 Å². The number of rotatable bonds is 2. The van der Waals surface area contributed by atoms with Gasteiger partial charge in [0.25, 0.3) is 0 Å². The van der Waals surface area contributed by atoms with Crippen LogP contribution < -0.4 is 5.32 Å². The van der Waals surface area contributed by atoms with Crippen molar-refractivity contribution in [2.24, 2.45) is 5.41 Å². The van der Waals surface area contributed by atoms with E-state index in [1.807, 2.05) is 6.07 Å². The molecular formula is C11H15BrN2. The van der Waals surface area contributed by atoms with E-state index in [0.29, 0.717) is 0 Å². The smallest absolute Gasteiger partial charge is 0.0579 e. The summed E-state index contributed by atoms with van der Waals surface area (Å²) in [5.41, 5.74) is 2.00. The number of hydrogen-bond donors (Lipinski definition) is 1. The fraction of sp³-hybridized carbons (Fsp3) is 0.364. The van der Waals surface area contributed by atoms with Gasteiger partial charge in [0, 0.05) is 21.8 Å². The average molecular weight is 255 g/mol. The highest BCUT2D eigenvalue weighted by Crippen LogP contribution is 2.25. The van der Waals surface area contributed by atoms with Gasteiger partial charge >= 0.3 is 0 Å². The first kappa shape index (κ1) is 11.2. The van der Waals surface area contributed by atoms with Crippen molar-refractivity contribution in [1.82, 2.24) is 4.98 Å². The highest BCUT2D eigenvalue weighted by Gasteiger charge is 2.14. The zero-order valence-electron chi connectivity index (χ0n) is 8.76. The fourth-order valence-electron chi connectivity index (χ4n) is 0.842. The Labute approximate surface area is 93.6 Å². The Kier molecular flexibility index (Phi) is 3.32. The van der Waals surface area contributed by atoms with Gasteiger partial charge in [-0.05, 0) is 22.0 Å². The van der Waals surface area contributed by atoms with Crippen LogP contribution in [0.5, 0.6) is 0 Å². The highest BCUT2D eigenvalue weighted by atomic mass is 79.9. The van der Waals surface area contributed by atoms with Crippen molar-refractivity contribution in [3.05, 3.63) is 35.2 Å². The van der Waals surface area contributed by atoms with Crippen LogP contribution in [0.4, 0.5) is 5.69 Å². The van der Waals surface area contributed by atoms with Crippen LogP contribution in [0.3, 0.4) is 0 Å². The summed E-state index contributed by atoms with van der Waals surface area (Å²) in [6, 6.07) is 1.98. The quantitative estimate of drug-likeness (QED) is 0.869. The van der Waals surface area contributed by atoms with Crippen LogP contribution in [0.25, 0.3) is 0 Å². The number of anilines is 1. The second kappa shape index (κ2) is 4.13. The van der Waals surface area contributed by atoms with Crippen LogP contribution in [-0.4, -0.2) is 4.98 Å². The number of nitrogens with zero attached hydrogens (tertiary/aromatic N) is 1. The third-order valence-corrected chi connectivity index (χ3v) is 2.34. The van der Waals surface area contributed by atoms with Crippen molar-refractivity contribution in [3.8, 4) is 0 Å². The average Bonchev–Trinajstić information content (AvgIpc) is 2.02. The summed E-state index contributed by atoms with van der Waals surface area (Å²) in [6.07, 6.45) is 3.53. The molecule has 0 saturated carbocycles. The van der Waals surface area contributed by atoms with Crippen molar-refractivity contribution in [2.45, 2.75) is 20.8 Å². The van der Waals surface area contributed by atoms with Gasteiger partial charge < -0.3 is 5.32 Å². The normalized spacial score (nSPS) is 11.1. The van der Waals surface area contributed by atoms with Gasteiger partial charge in [-0.3, -0.25) is 4.98 Å². The molecule has 0 saturated heterocycles. The van der Waals surface area contributed by atoms with Crippen LogP contribution >= 0.6 is 15.9 Å². The minimum Gasteiger partial charge on any atom is -0.358 e. The maximum Gasteiger partial charge on any atom is 0.0579 e. The van der Waals surface area contributed by atoms with E-state index in [9.17, 15) is 0 Å². The number of allylic oxidation sites excluding steroid dienone is 1. The van der Waals surface area contributed by atoms with Crippen LogP contribution in [-0.2, 0) is 0 Å². The Morgan fingerprint density at radius 2 is 2.07 bits per heavy atom. The predicted octanol–water partition coefficient (Wildman–Crippen LogP) is 3.82. The summed E-state index contributed by atoms with van der Waals surface area (Å²) >= 11 is 3.37. The van der Waals surface area contributed by atoms with E-state index in [4.69, 9.17) is 0 Å². The zero-order chi connectivity index (χ0) is 10.8. The molecule has 0 amide bonds. The first-order chi connectivity index (χ1) is 6.39. The predicted molar refractivity (Wildman–Crippen MR) is 64.2 cm³/mol. The first-order valence-electron chi connectivity index (χ1n) is 4.46. The molecule has 2 nitrogen and oxygen atoms in total. The van der Waals surface area contributed by atoms with Gasteiger partial charge in [-0.25, -0.2) is 0 Å². The molecule has 1 aromatic heterocycles. The molecule has 3 heteroatoms. The third-order valence-electron chi connectivity index (χ3n) is 1.91. The standard InChI is InChI=1S/C11H15BrN2/c1-8(11(2,3)4)14-10-5-9(12)6-13-7-10/h5-7,14H,1H2,2-4H3. The molecular weight excluding hydrogens is 240 g/mol. The molecule has 0 bridgehead atoms. The summed E-state index contributed by atoms with van der Waals surface area (Å²) in [5, 5.41) is 3.24. The Balaban J connectivity index is 2.75. The van der Waals surface area contributed by atoms with Crippen LogP contribution in [0.1, 0.15) is 20.8 Å². The van der Waals surface area contributed by atoms with E-state index >= 15 is 0 Å². The molecule has 0 aliphatic rings. The van der Waals surface area contributed by atoms with Crippen molar-refractivity contribution in [1.29, 1.82) is 0 Å². The van der Waals surface area contributed by atoms with Gasteiger partial charge in [0.1, 0.15) is 0 Å². The molecule has 0 unspecified atom stereocenters. The Morgan fingerprint density at radius 3 is 2.57 bits per heavy atom. The molecule has 0 aromatic carbocycles. The van der Waals surface area contributed by atoms with Gasteiger partial charge in [-0.1, -0.05) is 27.4 Å². The minimum absolute atomic E-state index is 0.0579. The van der Waals surface area contributed by atoms with E-state index in [2.05, 4.69) is 53.6 Å². The number of aromatic nitrogens is 1. The first-order valence-corrected chi connectivity index (χ1v) is 5.26. The Hall–Kier alpha value is -0.830. The SMILES string of the molecule is C=C(Nc1cncc(Br)c1)C(C)(C)C. The largest absolute Gasteiger partial charge is 0.358 e. The van der Waals surface area contributed by atoms with E-state index in [0.717, 1.165) is 15.9 Å². The molecule has 1 aromatic rings. The molecule has 0 spiro atoms. The minimum atomic E-state index is 0.0579. The van der Waals surface area contributed by atoms with Crippen molar-refractivity contribution >= 4 is 21.6 Å². The van der Waals surface area contributed by atoms with Crippen molar-refractivity contribution in [3.63, 3.8) is 0 Å². The summed E-state index contributed by atoms with van der Waals surface area (Å²) in [7, 11) is 0. The molecule has 0 radical (unpaired) electrons. The van der Waals surface area contributed by atoms with Gasteiger partial charge in [-0.15, -0.1) is 0 Å². The molecule has 0 fully saturated rings. The summed E-state index contributed by atoms with van der Waals surface area (Å²) in [5.74, 6) is 0. The number of nitrogens with one attached hydrogen (secondary N) is 1. The van der Waals surface area contributed by atoms with Crippen LogP contribution in [0.2, 0.25) is 0 Å². The molecule has 14 heavy (non-hydrogen) atoms. The maximum atomic E-state index is 4.07. The highest BCUT2D eigenvalue weighted by molar-refractivity contribution is 9.10. The monoisotopic (exact) mass is 254 g/mol. The zero-order valence-corrected chi connectivity index (χ0v) is 10.4. The lowest BCUT2D eigenvalue weighted by Gasteiger charge is -2.23.